The highest BCUT2D eigenvalue weighted by molar-refractivity contribution is 4.74. The van der Waals surface area contributed by atoms with E-state index in [9.17, 15) is 0 Å². The standard InChI is InChI=1S/C10H20O2/c1-7(2)11-10-5-8(3)12-9(4)6-10/h7-10H,5-6H2,1-4H3. The molecule has 0 N–H and O–H groups in total. The molecule has 1 aliphatic rings. The minimum Gasteiger partial charge on any atom is -0.375 e. The molecule has 0 saturated carbocycles. The Hall–Kier alpha value is -0.0800. The summed E-state index contributed by atoms with van der Waals surface area (Å²) >= 11 is 0. The van der Waals surface area contributed by atoms with Crippen molar-refractivity contribution in [2.45, 2.75) is 65.0 Å². The molecule has 72 valence electrons. The molecule has 0 aliphatic carbocycles. The van der Waals surface area contributed by atoms with Crippen molar-refractivity contribution in [1.29, 1.82) is 0 Å². The fourth-order valence-electron chi connectivity index (χ4n) is 1.84. The average Bonchev–Trinajstić information content (AvgIpc) is 1.81. The number of hydrogen-bond acceptors (Lipinski definition) is 2. The van der Waals surface area contributed by atoms with Gasteiger partial charge in [-0.1, -0.05) is 0 Å². The minimum absolute atomic E-state index is 0.340. The summed E-state index contributed by atoms with van der Waals surface area (Å²) in [6, 6.07) is 0. The molecule has 2 heteroatoms. The van der Waals surface area contributed by atoms with Gasteiger partial charge in [-0.05, 0) is 40.5 Å². The molecule has 1 saturated heterocycles. The first-order valence-electron chi connectivity index (χ1n) is 4.89. The van der Waals surface area contributed by atoms with Crippen molar-refractivity contribution in [3.8, 4) is 0 Å². The van der Waals surface area contributed by atoms with Gasteiger partial charge in [0.25, 0.3) is 0 Å². The van der Waals surface area contributed by atoms with Gasteiger partial charge in [0, 0.05) is 0 Å². The van der Waals surface area contributed by atoms with Gasteiger partial charge in [0.1, 0.15) is 0 Å². The lowest BCUT2D eigenvalue weighted by Crippen LogP contribution is -2.35. The fourth-order valence-corrected chi connectivity index (χ4v) is 1.84. The van der Waals surface area contributed by atoms with E-state index in [4.69, 9.17) is 9.47 Å². The number of hydrogen-bond donors (Lipinski definition) is 0. The van der Waals surface area contributed by atoms with Crippen LogP contribution in [0.25, 0.3) is 0 Å². The van der Waals surface area contributed by atoms with Gasteiger partial charge in [0.05, 0.1) is 24.4 Å². The maximum absolute atomic E-state index is 5.75. The average molecular weight is 172 g/mol. The van der Waals surface area contributed by atoms with E-state index in [-0.39, 0.29) is 0 Å². The maximum Gasteiger partial charge on any atom is 0.0627 e. The van der Waals surface area contributed by atoms with Crippen molar-refractivity contribution >= 4 is 0 Å². The summed E-state index contributed by atoms with van der Waals surface area (Å²) in [6.07, 6.45) is 3.55. The summed E-state index contributed by atoms with van der Waals surface area (Å²) in [5.74, 6) is 0. The van der Waals surface area contributed by atoms with Crippen LogP contribution in [0.3, 0.4) is 0 Å². The van der Waals surface area contributed by atoms with Crippen LogP contribution in [0.15, 0.2) is 0 Å². The summed E-state index contributed by atoms with van der Waals surface area (Å²) in [5.41, 5.74) is 0. The van der Waals surface area contributed by atoms with E-state index in [0.29, 0.717) is 24.4 Å². The molecule has 2 atom stereocenters. The van der Waals surface area contributed by atoms with Gasteiger partial charge in [-0.15, -0.1) is 0 Å². The third-order valence-corrected chi connectivity index (χ3v) is 2.12. The highest BCUT2D eigenvalue weighted by Crippen LogP contribution is 2.22. The van der Waals surface area contributed by atoms with E-state index in [2.05, 4.69) is 27.7 Å². The molecule has 0 aromatic rings. The second kappa shape index (κ2) is 4.24. The molecule has 1 heterocycles. The van der Waals surface area contributed by atoms with E-state index in [0.717, 1.165) is 12.8 Å². The second-order valence-electron chi connectivity index (χ2n) is 4.04. The van der Waals surface area contributed by atoms with E-state index in [1.54, 1.807) is 0 Å². The van der Waals surface area contributed by atoms with Crippen molar-refractivity contribution in [2.24, 2.45) is 0 Å². The molecular weight excluding hydrogens is 152 g/mol. The topological polar surface area (TPSA) is 18.5 Å². The van der Waals surface area contributed by atoms with Crippen LogP contribution in [0.4, 0.5) is 0 Å². The van der Waals surface area contributed by atoms with Crippen LogP contribution in [-0.4, -0.2) is 24.4 Å². The molecule has 2 unspecified atom stereocenters. The lowest BCUT2D eigenvalue weighted by molar-refractivity contribution is -0.115. The van der Waals surface area contributed by atoms with Crippen LogP contribution in [-0.2, 0) is 9.47 Å². The molecule has 1 fully saturated rings. The lowest BCUT2D eigenvalue weighted by Gasteiger charge is -2.32. The van der Waals surface area contributed by atoms with E-state index >= 15 is 0 Å². The third kappa shape index (κ3) is 3.11. The van der Waals surface area contributed by atoms with Gasteiger partial charge in [-0.2, -0.15) is 0 Å². The summed E-state index contributed by atoms with van der Waals surface area (Å²) in [6.45, 7) is 8.41. The first kappa shape index (κ1) is 10.0. The smallest absolute Gasteiger partial charge is 0.0627 e. The predicted octanol–water partition coefficient (Wildman–Crippen LogP) is 2.37. The largest absolute Gasteiger partial charge is 0.375 e. The van der Waals surface area contributed by atoms with Crippen LogP contribution >= 0.6 is 0 Å². The second-order valence-corrected chi connectivity index (χ2v) is 4.04. The first-order valence-corrected chi connectivity index (χ1v) is 4.89. The first-order chi connectivity index (χ1) is 5.58. The van der Waals surface area contributed by atoms with Gasteiger partial charge >= 0.3 is 0 Å². The molecule has 2 nitrogen and oxygen atoms in total. The molecule has 1 aliphatic heterocycles. The van der Waals surface area contributed by atoms with Crippen molar-refractivity contribution in [1.82, 2.24) is 0 Å². The van der Waals surface area contributed by atoms with Gasteiger partial charge < -0.3 is 9.47 Å². The summed E-state index contributed by atoms with van der Waals surface area (Å²) < 4.78 is 11.4. The van der Waals surface area contributed by atoms with Crippen LogP contribution < -0.4 is 0 Å². The minimum atomic E-state index is 0.340. The Morgan fingerprint density at radius 1 is 1.17 bits per heavy atom. The van der Waals surface area contributed by atoms with Crippen LogP contribution in [0.5, 0.6) is 0 Å². The van der Waals surface area contributed by atoms with Gasteiger partial charge in [0.2, 0.25) is 0 Å². The van der Waals surface area contributed by atoms with Crippen molar-refractivity contribution < 1.29 is 9.47 Å². The molecule has 1 rings (SSSR count). The predicted molar refractivity (Wildman–Crippen MR) is 49.3 cm³/mol. The zero-order chi connectivity index (χ0) is 9.14. The Bertz CT molecular complexity index is 121. The van der Waals surface area contributed by atoms with Crippen LogP contribution in [0, 0.1) is 0 Å². The van der Waals surface area contributed by atoms with E-state index in [1.165, 1.54) is 0 Å². The zero-order valence-electron chi connectivity index (χ0n) is 8.54. The van der Waals surface area contributed by atoms with Gasteiger partial charge in [0.15, 0.2) is 0 Å². The highest BCUT2D eigenvalue weighted by Gasteiger charge is 2.25. The molecule has 0 aromatic heterocycles. The van der Waals surface area contributed by atoms with Crippen molar-refractivity contribution in [3.05, 3.63) is 0 Å². The Morgan fingerprint density at radius 2 is 1.67 bits per heavy atom. The van der Waals surface area contributed by atoms with Crippen LogP contribution in [0.1, 0.15) is 40.5 Å². The molecule has 0 aromatic carbocycles. The van der Waals surface area contributed by atoms with E-state index < -0.39 is 0 Å². The summed E-state index contributed by atoms with van der Waals surface area (Å²) in [5, 5.41) is 0. The Kier molecular flexibility index (Phi) is 3.53. The SMILES string of the molecule is CC(C)OC1CC(C)OC(C)C1. The molecule has 0 spiro atoms. The third-order valence-electron chi connectivity index (χ3n) is 2.12. The normalized spacial score (nSPS) is 37.2. The number of rotatable bonds is 2. The monoisotopic (exact) mass is 172 g/mol. The molecule has 0 bridgehead atoms. The Morgan fingerprint density at radius 3 is 2.08 bits per heavy atom. The van der Waals surface area contributed by atoms with Gasteiger partial charge in [-0.3, -0.25) is 0 Å². The maximum atomic E-state index is 5.75. The fraction of sp³-hybridized carbons (Fsp3) is 1.00. The van der Waals surface area contributed by atoms with Crippen molar-refractivity contribution in [3.63, 3.8) is 0 Å². The Balaban J connectivity index is 2.34. The molecule has 0 amide bonds. The molecule has 0 radical (unpaired) electrons. The number of ether oxygens (including phenoxy) is 2. The molecular formula is C10H20O2. The summed E-state index contributed by atoms with van der Waals surface area (Å²) in [4.78, 5) is 0. The highest BCUT2D eigenvalue weighted by atomic mass is 16.5. The van der Waals surface area contributed by atoms with Gasteiger partial charge in [-0.25, -0.2) is 0 Å². The summed E-state index contributed by atoms with van der Waals surface area (Å²) in [7, 11) is 0. The van der Waals surface area contributed by atoms with Crippen molar-refractivity contribution in [2.75, 3.05) is 0 Å². The quantitative estimate of drug-likeness (QED) is 0.636. The van der Waals surface area contributed by atoms with Crippen LogP contribution in [0.2, 0.25) is 0 Å². The Labute approximate surface area is 75.2 Å². The van der Waals surface area contributed by atoms with E-state index in [1.807, 2.05) is 0 Å². The molecule has 12 heavy (non-hydrogen) atoms. The zero-order valence-corrected chi connectivity index (χ0v) is 8.54. The lowest BCUT2D eigenvalue weighted by atomic mass is 10.0.